The third-order valence-corrected chi connectivity index (χ3v) is 4.65. The Kier molecular flexibility index (Phi) is 4.83. The second-order valence-corrected chi connectivity index (χ2v) is 6.46. The Morgan fingerprint density at radius 3 is 2.83 bits per heavy atom. The molecule has 1 heterocycles. The lowest BCUT2D eigenvalue weighted by Crippen LogP contribution is -2.12. The molecule has 0 radical (unpaired) electrons. The highest BCUT2D eigenvalue weighted by Gasteiger charge is 2.21. The molecule has 3 N–H and O–H groups in total. The summed E-state index contributed by atoms with van der Waals surface area (Å²) in [6.45, 7) is 0.471. The molecule has 128 valence electrons. The van der Waals surface area contributed by atoms with E-state index in [1.54, 1.807) is 0 Å². The topological polar surface area (TPSA) is 72.9 Å². The van der Waals surface area contributed by atoms with E-state index in [9.17, 15) is 9.18 Å². The molecule has 6 heteroatoms. The molecule has 3 rings (SSSR count). The van der Waals surface area contributed by atoms with E-state index in [-0.39, 0.29) is 11.3 Å². The van der Waals surface area contributed by atoms with Gasteiger partial charge in [0.15, 0.2) is 0 Å². The van der Waals surface area contributed by atoms with Crippen LogP contribution in [0.15, 0.2) is 24.4 Å². The molecule has 5 nitrogen and oxygen atoms in total. The van der Waals surface area contributed by atoms with Gasteiger partial charge in [-0.15, -0.1) is 0 Å². The molecule has 1 aliphatic rings. The summed E-state index contributed by atoms with van der Waals surface area (Å²) < 4.78 is 15.8. The molecular formula is C18H23FN4O. The van der Waals surface area contributed by atoms with Gasteiger partial charge in [-0.2, -0.15) is 5.10 Å². The number of hydrogen-bond acceptors (Lipinski definition) is 3. The van der Waals surface area contributed by atoms with E-state index in [2.05, 4.69) is 10.4 Å². The molecule has 0 unspecified atom stereocenters. The molecule has 1 fully saturated rings. The number of aromatic nitrogens is 2. The number of nitrogens with two attached hydrogens (primary N) is 1. The highest BCUT2D eigenvalue weighted by molar-refractivity contribution is 5.93. The van der Waals surface area contributed by atoms with Crippen LogP contribution in [0, 0.1) is 5.82 Å². The second kappa shape index (κ2) is 7.03. The largest absolute Gasteiger partial charge is 0.378 e. The summed E-state index contributed by atoms with van der Waals surface area (Å²) in [5.74, 6) is -0.482. The van der Waals surface area contributed by atoms with Crippen LogP contribution in [0.25, 0.3) is 0 Å². The number of nitrogens with one attached hydrogen (secondary N) is 1. The Balaban J connectivity index is 1.77. The third-order valence-electron chi connectivity index (χ3n) is 4.65. The molecule has 2 aromatic rings. The van der Waals surface area contributed by atoms with E-state index in [1.807, 2.05) is 17.9 Å². The van der Waals surface area contributed by atoms with Crippen LogP contribution in [0.5, 0.6) is 0 Å². The Bertz CT molecular complexity index is 735. The van der Waals surface area contributed by atoms with Gasteiger partial charge in [0.1, 0.15) is 5.82 Å². The molecule has 0 atom stereocenters. The Labute approximate surface area is 141 Å². The van der Waals surface area contributed by atoms with E-state index in [1.165, 1.54) is 37.5 Å². The first kappa shape index (κ1) is 16.5. The zero-order valence-corrected chi connectivity index (χ0v) is 13.9. The molecule has 1 saturated carbocycles. The monoisotopic (exact) mass is 330 g/mol. The summed E-state index contributed by atoms with van der Waals surface area (Å²) >= 11 is 0. The van der Waals surface area contributed by atoms with Crippen molar-refractivity contribution in [2.45, 2.75) is 44.6 Å². The van der Waals surface area contributed by atoms with Gasteiger partial charge in [-0.3, -0.25) is 9.48 Å². The van der Waals surface area contributed by atoms with Crippen molar-refractivity contribution >= 4 is 11.6 Å². The minimum absolute atomic E-state index is 0.282. The highest BCUT2D eigenvalue weighted by atomic mass is 19.1. The number of hydrogen-bond donors (Lipinski definition) is 2. The summed E-state index contributed by atoms with van der Waals surface area (Å²) in [5.41, 5.74) is 8.02. The minimum atomic E-state index is -0.567. The molecular weight excluding hydrogens is 307 g/mol. The lowest BCUT2D eigenvalue weighted by molar-refractivity contribution is 0.100. The van der Waals surface area contributed by atoms with Crippen molar-refractivity contribution in [3.63, 3.8) is 0 Å². The predicted octanol–water partition coefficient (Wildman–Crippen LogP) is 3.32. The van der Waals surface area contributed by atoms with E-state index in [4.69, 9.17) is 5.73 Å². The minimum Gasteiger partial charge on any atom is -0.378 e. The smallest absolute Gasteiger partial charge is 0.248 e. The average molecular weight is 330 g/mol. The van der Waals surface area contributed by atoms with Crippen LogP contribution >= 0.6 is 0 Å². The second-order valence-electron chi connectivity index (χ2n) is 6.46. The van der Waals surface area contributed by atoms with Crippen molar-refractivity contribution in [1.29, 1.82) is 0 Å². The number of anilines is 1. The summed E-state index contributed by atoms with van der Waals surface area (Å²) in [6.07, 6.45) is 8.08. The summed E-state index contributed by atoms with van der Waals surface area (Å²) in [6, 6.07) is 4.10. The fraction of sp³-hybridized carbons (Fsp3) is 0.444. The number of halogens is 1. The van der Waals surface area contributed by atoms with Gasteiger partial charge in [-0.1, -0.05) is 19.3 Å². The normalized spacial score (nSPS) is 15.4. The van der Waals surface area contributed by atoms with Crippen LogP contribution in [0.4, 0.5) is 10.1 Å². The van der Waals surface area contributed by atoms with Crippen LogP contribution in [0.3, 0.4) is 0 Å². The van der Waals surface area contributed by atoms with Gasteiger partial charge in [0, 0.05) is 36.8 Å². The molecule has 1 aromatic heterocycles. The van der Waals surface area contributed by atoms with Crippen molar-refractivity contribution in [3.05, 3.63) is 47.0 Å². The van der Waals surface area contributed by atoms with Gasteiger partial charge in [0.2, 0.25) is 5.91 Å². The van der Waals surface area contributed by atoms with E-state index in [0.29, 0.717) is 12.5 Å². The van der Waals surface area contributed by atoms with Crippen molar-refractivity contribution in [3.8, 4) is 0 Å². The summed E-state index contributed by atoms with van der Waals surface area (Å²) in [4.78, 5) is 11.3. The van der Waals surface area contributed by atoms with Gasteiger partial charge >= 0.3 is 0 Å². The van der Waals surface area contributed by atoms with Crippen molar-refractivity contribution < 1.29 is 9.18 Å². The standard InChI is InChI=1S/C18H23FN4O/c1-23-11-14(17(22-23)12-5-3-2-4-6-12)10-21-16-9-13(18(20)24)7-8-15(16)19/h7-9,11-12,21H,2-6,10H2,1H3,(H2,20,24). The van der Waals surface area contributed by atoms with E-state index < -0.39 is 11.7 Å². The lowest BCUT2D eigenvalue weighted by atomic mass is 9.85. The third kappa shape index (κ3) is 3.58. The van der Waals surface area contributed by atoms with E-state index >= 15 is 0 Å². The van der Waals surface area contributed by atoms with Gasteiger partial charge in [-0.05, 0) is 31.0 Å². The number of amides is 1. The first-order valence-electron chi connectivity index (χ1n) is 8.40. The Morgan fingerprint density at radius 2 is 2.12 bits per heavy atom. The van der Waals surface area contributed by atoms with Crippen molar-refractivity contribution in [2.24, 2.45) is 12.8 Å². The fourth-order valence-electron chi connectivity index (χ4n) is 3.42. The average Bonchev–Trinajstić information content (AvgIpc) is 2.95. The maximum Gasteiger partial charge on any atom is 0.248 e. The van der Waals surface area contributed by atoms with Crippen LogP contribution < -0.4 is 11.1 Å². The molecule has 1 aliphatic carbocycles. The number of carbonyl (C=O) groups excluding carboxylic acids is 1. The number of aryl methyl sites for hydroxylation is 1. The molecule has 1 aromatic carbocycles. The fourth-order valence-corrected chi connectivity index (χ4v) is 3.42. The number of nitrogens with zero attached hydrogens (tertiary/aromatic N) is 2. The predicted molar refractivity (Wildman–Crippen MR) is 91.3 cm³/mol. The highest BCUT2D eigenvalue weighted by Crippen LogP contribution is 2.33. The van der Waals surface area contributed by atoms with Gasteiger partial charge in [-0.25, -0.2) is 4.39 Å². The molecule has 0 saturated heterocycles. The first-order valence-corrected chi connectivity index (χ1v) is 8.40. The Morgan fingerprint density at radius 1 is 1.38 bits per heavy atom. The summed E-state index contributed by atoms with van der Waals surface area (Å²) in [5, 5.41) is 7.70. The first-order chi connectivity index (χ1) is 11.5. The van der Waals surface area contributed by atoms with Crippen LogP contribution in [-0.4, -0.2) is 15.7 Å². The maximum absolute atomic E-state index is 14.0. The maximum atomic E-state index is 14.0. The van der Waals surface area contributed by atoms with Gasteiger partial charge < -0.3 is 11.1 Å². The number of benzene rings is 1. The Hall–Kier alpha value is -2.37. The molecule has 1 amide bonds. The lowest BCUT2D eigenvalue weighted by Gasteiger charge is -2.21. The van der Waals surface area contributed by atoms with Gasteiger partial charge in [0.25, 0.3) is 0 Å². The SMILES string of the molecule is Cn1cc(CNc2cc(C(N)=O)ccc2F)c(C2CCCCC2)n1. The summed E-state index contributed by atoms with van der Waals surface area (Å²) in [7, 11) is 1.91. The van der Waals surface area contributed by atoms with Crippen LogP contribution in [0.2, 0.25) is 0 Å². The van der Waals surface area contributed by atoms with E-state index in [0.717, 1.165) is 24.1 Å². The zero-order chi connectivity index (χ0) is 17.1. The molecule has 0 aliphatic heterocycles. The van der Waals surface area contributed by atoms with Crippen molar-refractivity contribution in [1.82, 2.24) is 9.78 Å². The molecule has 0 spiro atoms. The van der Waals surface area contributed by atoms with Crippen LogP contribution in [0.1, 0.15) is 59.6 Å². The quantitative estimate of drug-likeness (QED) is 0.883. The molecule has 0 bridgehead atoms. The molecule has 24 heavy (non-hydrogen) atoms. The van der Waals surface area contributed by atoms with Crippen molar-refractivity contribution in [2.75, 3.05) is 5.32 Å². The van der Waals surface area contributed by atoms with Crippen LogP contribution in [-0.2, 0) is 13.6 Å². The number of rotatable bonds is 5. The zero-order valence-electron chi connectivity index (χ0n) is 13.9. The van der Waals surface area contributed by atoms with Gasteiger partial charge in [0.05, 0.1) is 11.4 Å². The number of primary amides is 1. The number of carbonyl (C=O) groups is 1.